The summed E-state index contributed by atoms with van der Waals surface area (Å²) in [6.45, 7) is 6.93. The number of nitrogens with one attached hydrogen (secondary N) is 2. The third kappa shape index (κ3) is 4.82. The third-order valence-electron chi connectivity index (χ3n) is 5.08. The van der Waals surface area contributed by atoms with E-state index in [0.29, 0.717) is 22.5 Å². The second kappa shape index (κ2) is 9.47. The molecule has 1 amide bonds. The Labute approximate surface area is 175 Å². The smallest absolute Gasteiger partial charge is 0.355 e. The summed E-state index contributed by atoms with van der Waals surface area (Å²) in [5.74, 6) is -1.65. The molecule has 0 bridgehead atoms. The summed E-state index contributed by atoms with van der Waals surface area (Å²) in [6.07, 6.45) is 2.40. The number of aromatic nitrogens is 1. The molecule has 1 saturated heterocycles. The zero-order valence-corrected chi connectivity index (χ0v) is 17.5. The number of rotatable bonds is 7. The van der Waals surface area contributed by atoms with E-state index >= 15 is 0 Å². The van der Waals surface area contributed by atoms with Gasteiger partial charge in [0.15, 0.2) is 6.61 Å². The highest BCUT2D eigenvalue weighted by molar-refractivity contribution is 5.99. The van der Waals surface area contributed by atoms with Crippen molar-refractivity contribution in [2.75, 3.05) is 36.5 Å². The first-order valence-electron chi connectivity index (χ1n) is 10.1. The summed E-state index contributed by atoms with van der Waals surface area (Å²) in [6, 6.07) is 7.60. The molecule has 0 radical (unpaired) electrons. The summed E-state index contributed by atoms with van der Waals surface area (Å²) in [5, 5.41) is 2.71. The SMILES string of the molecule is CCOC(=O)c1c(C)[nH]c(C(=O)OCC(=O)Nc2ccc(N3CCCC3)cc2)c1C. The number of hydrogen-bond donors (Lipinski definition) is 2. The van der Waals surface area contributed by atoms with Crippen molar-refractivity contribution in [2.45, 2.75) is 33.6 Å². The highest BCUT2D eigenvalue weighted by Crippen LogP contribution is 2.22. The van der Waals surface area contributed by atoms with E-state index in [0.717, 1.165) is 18.8 Å². The minimum Gasteiger partial charge on any atom is -0.462 e. The Morgan fingerprint density at radius 3 is 2.33 bits per heavy atom. The number of anilines is 2. The van der Waals surface area contributed by atoms with Crippen LogP contribution in [-0.2, 0) is 14.3 Å². The van der Waals surface area contributed by atoms with Crippen LogP contribution in [0.15, 0.2) is 24.3 Å². The summed E-state index contributed by atoms with van der Waals surface area (Å²) >= 11 is 0. The second-order valence-corrected chi connectivity index (χ2v) is 7.21. The predicted octanol–water partition coefficient (Wildman–Crippen LogP) is 3.20. The molecule has 1 aliphatic heterocycles. The number of ether oxygens (including phenoxy) is 2. The fourth-order valence-electron chi connectivity index (χ4n) is 3.59. The lowest BCUT2D eigenvalue weighted by molar-refractivity contribution is -0.119. The van der Waals surface area contributed by atoms with E-state index in [9.17, 15) is 14.4 Å². The molecule has 0 aliphatic carbocycles. The van der Waals surface area contributed by atoms with Crippen molar-refractivity contribution >= 4 is 29.2 Å². The van der Waals surface area contributed by atoms with Gasteiger partial charge in [-0.2, -0.15) is 0 Å². The van der Waals surface area contributed by atoms with E-state index in [-0.39, 0.29) is 12.3 Å². The average molecular weight is 413 g/mol. The first kappa shape index (κ1) is 21.4. The predicted molar refractivity (Wildman–Crippen MR) is 113 cm³/mol. The summed E-state index contributed by atoms with van der Waals surface area (Å²) in [5.41, 5.74) is 3.17. The molecule has 8 heteroatoms. The minimum absolute atomic E-state index is 0.137. The zero-order chi connectivity index (χ0) is 21.7. The second-order valence-electron chi connectivity index (χ2n) is 7.21. The fraction of sp³-hybridized carbons (Fsp3) is 0.409. The molecule has 1 aromatic carbocycles. The molecular weight excluding hydrogens is 386 g/mol. The molecule has 3 rings (SSSR count). The zero-order valence-electron chi connectivity index (χ0n) is 17.5. The molecule has 30 heavy (non-hydrogen) atoms. The number of carbonyl (C=O) groups is 3. The Morgan fingerprint density at radius 2 is 1.70 bits per heavy atom. The van der Waals surface area contributed by atoms with Crippen molar-refractivity contribution in [1.29, 1.82) is 0 Å². The lowest BCUT2D eigenvalue weighted by atomic mass is 10.1. The maximum Gasteiger partial charge on any atom is 0.355 e. The first-order chi connectivity index (χ1) is 14.4. The van der Waals surface area contributed by atoms with Gasteiger partial charge in [0, 0.05) is 30.2 Å². The van der Waals surface area contributed by atoms with Crippen LogP contribution in [0.2, 0.25) is 0 Å². The number of aryl methyl sites for hydroxylation is 1. The summed E-state index contributed by atoms with van der Waals surface area (Å²) in [4.78, 5) is 41.7. The van der Waals surface area contributed by atoms with Gasteiger partial charge >= 0.3 is 11.9 Å². The number of carbonyl (C=O) groups excluding carboxylic acids is 3. The van der Waals surface area contributed by atoms with Crippen LogP contribution in [0.3, 0.4) is 0 Å². The third-order valence-corrected chi connectivity index (χ3v) is 5.08. The maximum absolute atomic E-state index is 12.4. The number of esters is 2. The Hall–Kier alpha value is -3.29. The van der Waals surface area contributed by atoms with E-state index in [1.165, 1.54) is 12.8 Å². The van der Waals surface area contributed by atoms with Gasteiger partial charge < -0.3 is 24.7 Å². The van der Waals surface area contributed by atoms with E-state index in [2.05, 4.69) is 15.2 Å². The Kier molecular flexibility index (Phi) is 6.76. The van der Waals surface area contributed by atoms with Crippen molar-refractivity contribution in [3.63, 3.8) is 0 Å². The van der Waals surface area contributed by atoms with Crippen molar-refractivity contribution in [1.82, 2.24) is 4.98 Å². The number of nitrogens with zero attached hydrogens (tertiary/aromatic N) is 1. The maximum atomic E-state index is 12.4. The first-order valence-corrected chi connectivity index (χ1v) is 10.1. The molecule has 1 aromatic heterocycles. The molecule has 0 saturated carbocycles. The molecule has 0 atom stereocenters. The van der Waals surface area contributed by atoms with Gasteiger partial charge in [-0.3, -0.25) is 4.79 Å². The van der Waals surface area contributed by atoms with Crippen LogP contribution < -0.4 is 10.2 Å². The monoisotopic (exact) mass is 413 g/mol. The lowest BCUT2D eigenvalue weighted by Gasteiger charge is -2.17. The van der Waals surface area contributed by atoms with Crippen LogP contribution in [0, 0.1) is 13.8 Å². The number of amides is 1. The van der Waals surface area contributed by atoms with Crippen molar-refractivity contribution in [2.24, 2.45) is 0 Å². The van der Waals surface area contributed by atoms with Crippen LogP contribution in [0.25, 0.3) is 0 Å². The fourth-order valence-corrected chi connectivity index (χ4v) is 3.59. The highest BCUT2D eigenvalue weighted by Gasteiger charge is 2.24. The van der Waals surface area contributed by atoms with Gasteiger partial charge in [0.2, 0.25) is 0 Å². The largest absolute Gasteiger partial charge is 0.462 e. The topological polar surface area (TPSA) is 101 Å². The summed E-state index contributed by atoms with van der Waals surface area (Å²) in [7, 11) is 0. The van der Waals surface area contributed by atoms with Gasteiger partial charge in [-0.05, 0) is 63.4 Å². The molecule has 1 fully saturated rings. The number of H-pyrrole nitrogens is 1. The van der Waals surface area contributed by atoms with E-state index < -0.39 is 24.5 Å². The van der Waals surface area contributed by atoms with Gasteiger partial charge in [-0.1, -0.05) is 0 Å². The van der Waals surface area contributed by atoms with E-state index in [1.807, 2.05) is 24.3 Å². The molecular formula is C22H27N3O5. The van der Waals surface area contributed by atoms with E-state index in [1.54, 1.807) is 20.8 Å². The van der Waals surface area contributed by atoms with Crippen LogP contribution in [0.4, 0.5) is 11.4 Å². The Bertz CT molecular complexity index is 927. The quantitative estimate of drug-likeness (QED) is 0.676. The normalized spacial score (nSPS) is 13.2. The van der Waals surface area contributed by atoms with Gasteiger partial charge in [-0.15, -0.1) is 0 Å². The Morgan fingerprint density at radius 1 is 1.03 bits per heavy atom. The van der Waals surface area contributed by atoms with Gasteiger partial charge in [0.25, 0.3) is 5.91 Å². The number of aromatic amines is 1. The molecule has 2 N–H and O–H groups in total. The van der Waals surface area contributed by atoms with Gasteiger partial charge in [-0.25, -0.2) is 9.59 Å². The van der Waals surface area contributed by atoms with Crippen molar-refractivity contribution in [3.8, 4) is 0 Å². The van der Waals surface area contributed by atoms with E-state index in [4.69, 9.17) is 9.47 Å². The van der Waals surface area contributed by atoms with Gasteiger partial charge in [0.1, 0.15) is 5.69 Å². The highest BCUT2D eigenvalue weighted by atomic mass is 16.5. The molecule has 1 aliphatic rings. The average Bonchev–Trinajstić information content (AvgIpc) is 3.35. The molecule has 2 heterocycles. The summed E-state index contributed by atoms with van der Waals surface area (Å²) < 4.78 is 10.1. The minimum atomic E-state index is -0.703. The van der Waals surface area contributed by atoms with Crippen LogP contribution in [0.1, 0.15) is 51.9 Å². The molecule has 0 spiro atoms. The lowest BCUT2D eigenvalue weighted by Crippen LogP contribution is -2.21. The molecule has 0 unspecified atom stereocenters. The Balaban J connectivity index is 1.55. The van der Waals surface area contributed by atoms with Crippen LogP contribution in [-0.4, -0.2) is 49.1 Å². The van der Waals surface area contributed by atoms with Crippen molar-refractivity contribution in [3.05, 3.63) is 46.8 Å². The van der Waals surface area contributed by atoms with Crippen molar-refractivity contribution < 1.29 is 23.9 Å². The molecule has 160 valence electrons. The molecule has 2 aromatic rings. The van der Waals surface area contributed by atoms with Crippen LogP contribution >= 0.6 is 0 Å². The molecule has 8 nitrogen and oxygen atoms in total. The number of benzene rings is 1. The number of hydrogen-bond acceptors (Lipinski definition) is 6. The van der Waals surface area contributed by atoms with Crippen LogP contribution in [0.5, 0.6) is 0 Å². The van der Waals surface area contributed by atoms with Gasteiger partial charge in [0.05, 0.1) is 12.2 Å². The standard InChI is InChI=1S/C22H27N3O5/c1-4-29-21(27)19-14(2)20(23-15(19)3)22(28)30-13-18(26)24-16-7-9-17(10-8-16)25-11-5-6-12-25/h7-10,23H,4-6,11-13H2,1-3H3,(H,24,26).